The first-order valence-corrected chi connectivity index (χ1v) is 32.1. The quantitative estimate of drug-likeness (QED) is 0.00895. The Hall–Kier alpha value is -13.8. The number of Topliss-reactive ketones (excluding diaryl/α,β-unsaturated/α-hetero) is 2. The predicted molar refractivity (Wildman–Crippen MR) is 400 cm³/mol. The van der Waals surface area contributed by atoms with E-state index in [0.29, 0.717) is 45.1 Å². The molecule has 11 N–H and O–H groups in total. The van der Waals surface area contributed by atoms with Crippen LogP contribution >= 0.6 is 0 Å². The topological polar surface area (TPSA) is 332 Å². The number of para-hydroxylation sites is 1. The molecule has 0 aromatic heterocycles. The number of rotatable bonds is 19. The van der Waals surface area contributed by atoms with E-state index < -0.39 is 47.8 Å². The fraction of sp³-hybridized carbons (Fsp3) is 0.0476. The minimum absolute atomic E-state index is 0.0356. The summed E-state index contributed by atoms with van der Waals surface area (Å²) in [6.45, 7) is -0.414. The molecule has 0 atom stereocenters. The summed E-state index contributed by atoms with van der Waals surface area (Å²) in [5.41, 5.74) is 15.5. The third-order valence-corrected chi connectivity index (χ3v) is 15.0. The van der Waals surface area contributed by atoms with Gasteiger partial charge in [-0.05, 0) is 140 Å². The molecule has 0 aliphatic carbocycles. The summed E-state index contributed by atoms with van der Waals surface area (Å²) in [5, 5.41) is 55.7. The minimum Gasteiger partial charge on any atom is -0.481 e. The van der Waals surface area contributed by atoms with Crippen LogP contribution in [-0.2, 0) is 9.59 Å². The highest BCUT2D eigenvalue weighted by molar-refractivity contribution is 6.07. The molecule has 21 heteroatoms. The summed E-state index contributed by atoms with van der Waals surface area (Å²) in [6.07, 6.45) is 9.68. The summed E-state index contributed by atoms with van der Waals surface area (Å²) >= 11 is 0. The van der Waals surface area contributed by atoms with Gasteiger partial charge in [0, 0.05) is 40.1 Å². The highest BCUT2D eigenvalue weighted by atomic mass is 16.5. The van der Waals surface area contributed by atoms with Crippen LogP contribution in [0.5, 0.6) is 17.2 Å². The maximum absolute atomic E-state index is 12.1. The van der Waals surface area contributed by atoms with Crippen LogP contribution in [0.25, 0.3) is 38.7 Å². The van der Waals surface area contributed by atoms with Crippen LogP contribution in [-0.4, -0.2) is 98.2 Å². The molecule has 0 unspecified atom stereocenters. The zero-order valence-corrected chi connectivity index (χ0v) is 56.2. The maximum atomic E-state index is 12.1. The number of aliphatic imine (C=N–C) groups is 1. The highest BCUT2D eigenvalue weighted by Crippen LogP contribution is 2.26. The van der Waals surface area contributed by atoms with Crippen LogP contribution in [0.15, 0.2) is 314 Å². The molecule has 5 amide bonds. The van der Waals surface area contributed by atoms with Gasteiger partial charge in [0.2, 0.25) is 0 Å². The van der Waals surface area contributed by atoms with E-state index in [0.717, 1.165) is 54.9 Å². The van der Waals surface area contributed by atoms with Gasteiger partial charge in [-0.2, -0.15) is 0 Å². The number of ketones is 2. The van der Waals surface area contributed by atoms with Crippen molar-refractivity contribution in [1.82, 2.24) is 27.4 Å². The van der Waals surface area contributed by atoms with E-state index in [-0.39, 0.29) is 18.9 Å². The Kier molecular flexibility index (Phi) is 32.1. The fourth-order valence-corrected chi connectivity index (χ4v) is 9.92. The normalized spacial score (nSPS) is 10.2. The van der Waals surface area contributed by atoms with Crippen LogP contribution < -0.4 is 36.9 Å². The Morgan fingerprint density at radius 1 is 0.429 bits per heavy atom. The van der Waals surface area contributed by atoms with Gasteiger partial charge in [0.05, 0.1) is 5.92 Å². The lowest BCUT2D eigenvalue weighted by molar-refractivity contribution is -0.129. The number of benzene rings is 12. The van der Waals surface area contributed by atoms with Gasteiger partial charge in [-0.3, -0.25) is 64.6 Å². The summed E-state index contributed by atoms with van der Waals surface area (Å²) in [4.78, 5) is 84.1. The van der Waals surface area contributed by atoms with E-state index >= 15 is 0 Å². The number of aliphatic hydroxyl groups is 1. The first-order chi connectivity index (χ1) is 51.2. The van der Waals surface area contributed by atoms with Gasteiger partial charge < -0.3 is 14.6 Å². The van der Waals surface area contributed by atoms with Gasteiger partial charge in [0.1, 0.15) is 37.0 Å². The number of aliphatic hydroxyl groups excluding tert-OH is 1. The maximum Gasteiger partial charge on any atom is 0.275 e. The second kappa shape index (κ2) is 43.0. The van der Waals surface area contributed by atoms with Crippen LogP contribution in [0.2, 0.25) is 0 Å². The smallest absolute Gasteiger partial charge is 0.275 e. The average Bonchev–Trinajstić information content (AvgIpc) is 0.847. The van der Waals surface area contributed by atoms with Crippen molar-refractivity contribution in [2.24, 2.45) is 4.99 Å². The third-order valence-electron chi connectivity index (χ3n) is 15.0. The largest absolute Gasteiger partial charge is 0.481 e. The van der Waals surface area contributed by atoms with Gasteiger partial charge in [-0.25, -0.2) is 27.4 Å². The SMILES string of the molecule is C#CCOc1ccc(C=NCC(=O)c2cccc(C(=O)CO)c2)cc1.O=C(/C=C/c1cccc2ccccc12)NO.O=C(NO)C(c1ccccc1)c1ccccc1.O=C(NO)c1cccc(-c2ccccc2)c1.O=C(NO)c1cccc(Oc2ccccc2)c1.O=C(NO)c1cccc2ccccc12. The molecule has 0 saturated heterocycles. The van der Waals surface area contributed by atoms with E-state index in [9.17, 15) is 33.6 Å². The molecule has 0 bridgehead atoms. The zero-order chi connectivity index (χ0) is 75.0. The Labute approximate surface area is 604 Å². The van der Waals surface area contributed by atoms with Gasteiger partial charge in [-0.1, -0.05) is 230 Å². The lowest BCUT2D eigenvalue weighted by Gasteiger charge is -2.15. The molecule has 0 radical (unpaired) electrons. The minimum atomic E-state index is -0.586. The number of terminal acetylenes is 1. The molecule has 21 nitrogen and oxygen atoms in total. The summed E-state index contributed by atoms with van der Waals surface area (Å²) in [5.74, 6) is 0.643. The number of amides is 5. The molecular formula is C84H72N6O15. The number of nitrogens with zero attached hydrogens (tertiary/aromatic N) is 1. The van der Waals surface area contributed by atoms with Gasteiger partial charge in [-0.15, -0.1) is 6.42 Å². The third kappa shape index (κ3) is 25.1. The van der Waals surface area contributed by atoms with E-state index in [1.807, 2.05) is 200 Å². The molecule has 0 aliphatic rings. The summed E-state index contributed by atoms with van der Waals surface area (Å²) < 4.78 is 10.8. The number of hydroxylamine groups is 5. The van der Waals surface area contributed by atoms with Crippen molar-refractivity contribution in [3.8, 4) is 40.7 Å². The predicted octanol–water partition coefficient (Wildman–Crippen LogP) is 13.9. The van der Waals surface area contributed by atoms with Crippen LogP contribution in [0.1, 0.15) is 80.0 Å². The molecule has 12 rings (SSSR count). The molecule has 0 spiro atoms. The Morgan fingerprint density at radius 2 is 0.905 bits per heavy atom. The lowest BCUT2D eigenvalue weighted by atomic mass is 9.91. The van der Waals surface area contributed by atoms with Gasteiger partial charge in [0.25, 0.3) is 29.5 Å². The Bertz CT molecular complexity index is 4870. The number of hydrogen-bond donors (Lipinski definition) is 11. The summed E-state index contributed by atoms with van der Waals surface area (Å²) in [6, 6.07) is 91.5. The molecule has 0 aliphatic heterocycles. The van der Waals surface area contributed by atoms with Gasteiger partial charge in [0.15, 0.2) is 11.6 Å². The second-order valence-electron chi connectivity index (χ2n) is 22.0. The van der Waals surface area contributed by atoms with Crippen LogP contribution in [0.4, 0.5) is 0 Å². The highest BCUT2D eigenvalue weighted by Gasteiger charge is 2.22. The number of carbonyl (C=O) groups excluding carboxylic acids is 7. The van der Waals surface area contributed by atoms with Crippen LogP contribution in [0, 0.1) is 12.3 Å². The van der Waals surface area contributed by atoms with Crippen LogP contribution in [0.3, 0.4) is 0 Å². The molecule has 12 aromatic carbocycles. The van der Waals surface area contributed by atoms with Crippen molar-refractivity contribution in [1.29, 1.82) is 0 Å². The van der Waals surface area contributed by atoms with E-state index in [2.05, 4.69) is 10.9 Å². The molecule has 105 heavy (non-hydrogen) atoms. The Balaban J connectivity index is 0.000000178. The number of ether oxygens (including phenoxy) is 2. The molecular weight excluding hydrogens is 1330 g/mol. The van der Waals surface area contributed by atoms with E-state index in [1.165, 1.54) is 12.1 Å². The van der Waals surface area contributed by atoms with Crippen molar-refractivity contribution in [2.75, 3.05) is 19.8 Å². The molecule has 12 aromatic rings. The van der Waals surface area contributed by atoms with Crippen molar-refractivity contribution in [2.45, 2.75) is 5.92 Å². The molecule has 528 valence electrons. The standard InChI is InChI=1S/C20H17NO4.C14H13NO2.C13H11NO3.2C13H11NO2.C11H9NO2/c1-2-10-25-18-8-6-15(7-9-18)12-21-13-19(23)16-4-3-5-17(11-16)20(24)14-22;16-14(15-17)13(11-7-3-1-4-8-11)12-9-5-2-6-10-12;15-13(14-16)10-5-4-8-12(9-10)17-11-6-2-1-3-7-11;15-13(14-16)9-8-11-6-3-5-10-4-1-2-7-12(10)11;15-13(14-16)12-8-4-7-11(9-12)10-5-2-1-3-6-10;13-11(12-14)10-7-3-5-8-4-1-2-6-9(8)10/h1,3-9,11-12,22H,10,13-14H2;1-10,13,17H,(H,15,16);1-9,16H,(H,14,15);2*1-9,16H,(H,14,15);1-7,14H,(H,12,13)/b;;;9-8+;;. The van der Waals surface area contributed by atoms with Crippen molar-refractivity contribution < 1.29 is 74.2 Å². The average molecular weight is 1410 g/mol. The van der Waals surface area contributed by atoms with E-state index in [1.54, 1.807) is 137 Å². The second-order valence-corrected chi connectivity index (χ2v) is 22.0. The molecule has 0 fully saturated rings. The number of fused-ring (bicyclic) bond motifs is 2. The summed E-state index contributed by atoms with van der Waals surface area (Å²) in [7, 11) is 0. The van der Waals surface area contributed by atoms with Crippen molar-refractivity contribution in [3.05, 3.63) is 359 Å². The monoisotopic (exact) mass is 1400 g/mol. The van der Waals surface area contributed by atoms with Crippen molar-refractivity contribution in [3.63, 3.8) is 0 Å². The van der Waals surface area contributed by atoms with E-state index in [4.69, 9.17) is 47.0 Å². The number of hydrogen-bond acceptors (Lipinski definition) is 16. The Morgan fingerprint density at radius 3 is 1.49 bits per heavy atom. The van der Waals surface area contributed by atoms with Crippen molar-refractivity contribution >= 4 is 74.9 Å². The number of nitrogens with one attached hydrogen (secondary N) is 5. The first-order valence-electron chi connectivity index (χ1n) is 32.1. The molecule has 0 heterocycles. The molecule has 0 saturated carbocycles. The number of carbonyl (C=O) groups is 7. The van der Waals surface area contributed by atoms with Gasteiger partial charge >= 0.3 is 0 Å². The lowest BCUT2D eigenvalue weighted by Crippen LogP contribution is -2.27. The zero-order valence-electron chi connectivity index (χ0n) is 56.2. The fourth-order valence-electron chi connectivity index (χ4n) is 9.92. The first kappa shape index (κ1) is 78.5.